The molecule has 0 saturated carbocycles. The van der Waals surface area contributed by atoms with Crippen molar-refractivity contribution in [1.82, 2.24) is 9.78 Å². The summed E-state index contributed by atoms with van der Waals surface area (Å²) in [6.45, 7) is 1.20. The van der Waals surface area contributed by atoms with E-state index in [1.807, 2.05) is 0 Å². The predicted molar refractivity (Wildman–Crippen MR) is 79.5 cm³/mol. The second-order valence-corrected chi connectivity index (χ2v) is 5.64. The highest BCUT2D eigenvalue weighted by molar-refractivity contribution is 6.37. The molecule has 0 unspecified atom stereocenters. The fourth-order valence-corrected chi connectivity index (χ4v) is 2.73. The molecule has 1 heterocycles. The van der Waals surface area contributed by atoms with E-state index in [4.69, 9.17) is 23.2 Å². The Bertz CT molecular complexity index is 822. The van der Waals surface area contributed by atoms with Crippen LogP contribution in [0.25, 0.3) is 5.69 Å². The molecule has 0 radical (unpaired) electrons. The van der Waals surface area contributed by atoms with E-state index in [1.54, 1.807) is 0 Å². The molecule has 0 fully saturated rings. The fraction of sp³-hybridized carbons (Fsp3) is 0.286. The van der Waals surface area contributed by atoms with Crippen molar-refractivity contribution in [2.45, 2.75) is 19.3 Å². The van der Waals surface area contributed by atoms with E-state index in [9.17, 15) is 31.1 Å². The summed E-state index contributed by atoms with van der Waals surface area (Å²) in [5, 5.41) is 1.96. The highest BCUT2D eigenvalue weighted by Gasteiger charge is 2.42. The summed E-state index contributed by atoms with van der Waals surface area (Å²) in [5.41, 5.74) is -4.39. The molecule has 0 spiro atoms. The molecule has 0 aliphatic heterocycles. The molecular formula is C14H8Cl2F6N2O2. The highest BCUT2D eigenvalue weighted by Crippen LogP contribution is 2.40. The maximum atomic E-state index is 13.4. The van der Waals surface area contributed by atoms with Crippen LogP contribution < -0.4 is 0 Å². The summed E-state index contributed by atoms with van der Waals surface area (Å²) >= 11 is 11.4. The molecule has 2 rings (SSSR count). The zero-order valence-electron chi connectivity index (χ0n) is 12.7. The third kappa shape index (κ3) is 3.90. The van der Waals surface area contributed by atoms with Gasteiger partial charge in [0.1, 0.15) is 11.3 Å². The standard InChI is InChI=1S/C14H8Cl2F6N2O2/c1-2-26-12(25)7-5-23-24(11(7)14(20,21)22)10-8(15)3-6(4-9(10)16)13(17,18)19/h3-5H,2H2,1H3. The average molecular weight is 421 g/mol. The summed E-state index contributed by atoms with van der Waals surface area (Å²) in [4.78, 5) is 11.7. The van der Waals surface area contributed by atoms with E-state index < -0.39 is 50.9 Å². The maximum Gasteiger partial charge on any atom is 0.434 e. The second-order valence-electron chi connectivity index (χ2n) is 4.82. The lowest BCUT2D eigenvalue weighted by molar-refractivity contribution is -0.143. The van der Waals surface area contributed by atoms with Crippen LogP contribution in [0.5, 0.6) is 0 Å². The number of carbonyl (C=O) groups is 1. The number of halogens is 8. The van der Waals surface area contributed by atoms with Crippen molar-refractivity contribution in [1.29, 1.82) is 0 Å². The number of rotatable bonds is 3. The molecule has 1 aromatic heterocycles. The largest absolute Gasteiger partial charge is 0.462 e. The molecule has 1 aromatic carbocycles. The van der Waals surface area contributed by atoms with E-state index in [-0.39, 0.29) is 11.3 Å². The van der Waals surface area contributed by atoms with Gasteiger partial charge in [0.25, 0.3) is 0 Å². The van der Waals surface area contributed by atoms with Gasteiger partial charge in [-0.25, -0.2) is 9.48 Å². The number of hydrogen-bond acceptors (Lipinski definition) is 3. The van der Waals surface area contributed by atoms with Crippen molar-refractivity contribution >= 4 is 29.2 Å². The maximum absolute atomic E-state index is 13.4. The number of hydrogen-bond donors (Lipinski definition) is 0. The van der Waals surface area contributed by atoms with Crippen molar-refractivity contribution < 1.29 is 35.9 Å². The Morgan fingerprint density at radius 1 is 1.12 bits per heavy atom. The van der Waals surface area contributed by atoms with Crippen molar-refractivity contribution in [3.63, 3.8) is 0 Å². The van der Waals surface area contributed by atoms with Crippen LogP contribution in [-0.2, 0) is 17.1 Å². The van der Waals surface area contributed by atoms with Gasteiger partial charge in [-0.3, -0.25) is 0 Å². The Morgan fingerprint density at radius 3 is 2.08 bits per heavy atom. The van der Waals surface area contributed by atoms with E-state index in [2.05, 4.69) is 9.84 Å². The summed E-state index contributed by atoms with van der Waals surface area (Å²) in [7, 11) is 0. The molecule has 0 amide bonds. The van der Waals surface area contributed by atoms with Crippen LogP contribution >= 0.6 is 23.2 Å². The third-order valence-corrected chi connectivity index (χ3v) is 3.67. The molecule has 4 nitrogen and oxygen atoms in total. The van der Waals surface area contributed by atoms with Gasteiger partial charge in [-0.2, -0.15) is 31.4 Å². The van der Waals surface area contributed by atoms with E-state index in [0.717, 1.165) is 0 Å². The molecule has 0 aliphatic rings. The number of benzene rings is 1. The Hall–Kier alpha value is -1.94. The predicted octanol–water partition coefficient (Wildman–Crippen LogP) is 5.39. The van der Waals surface area contributed by atoms with Gasteiger partial charge in [0.15, 0.2) is 5.69 Å². The lowest BCUT2D eigenvalue weighted by Gasteiger charge is -2.16. The molecule has 0 bridgehead atoms. The quantitative estimate of drug-likeness (QED) is 0.493. The summed E-state index contributed by atoms with van der Waals surface area (Å²) in [6, 6.07) is 0.823. The first-order valence-corrected chi connectivity index (χ1v) is 7.52. The Labute approximate surface area is 152 Å². The number of ether oxygens (including phenoxy) is 1. The number of esters is 1. The van der Waals surface area contributed by atoms with Crippen LogP contribution in [0.1, 0.15) is 28.5 Å². The second kappa shape index (κ2) is 6.99. The van der Waals surface area contributed by atoms with Gasteiger partial charge in [0.05, 0.1) is 28.4 Å². The molecule has 0 saturated heterocycles. The van der Waals surface area contributed by atoms with Gasteiger partial charge in [-0.1, -0.05) is 23.2 Å². The van der Waals surface area contributed by atoms with Crippen molar-refractivity contribution in [3.8, 4) is 5.69 Å². The normalized spacial score (nSPS) is 12.3. The molecule has 0 atom stereocenters. The molecule has 142 valence electrons. The van der Waals surface area contributed by atoms with Gasteiger partial charge in [-0.15, -0.1) is 0 Å². The topological polar surface area (TPSA) is 44.1 Å². The Kier molecular flexibility index (Phi) is 5.48. The zero-order valence-corrected chi connectivity index (χ0v) is 14.2. The first-order chi connectivity index (χ1) is 11.9. The van der Waals surface area contributed by atoms with Gasteiger partial charge < -0.3 is 4.74 Å². The number of alkyl halides is 6. The highest BCUT2D eigenvalue weighted by atomic mass is 35.5. The summed E-state index contributed by atoms with van der Waals surface area (Å²) in [5.74, 6) is -1.30. The van der Waals surface area contributed by atoms with E-state index in [0.29, 0.717) is 18.3 Å². The lowest BCUT2D eigenvalue weighted by Crippen LogP contribution is -2.19. The summed E-state index contributed by atoms with van der Waals surface area (Å²) < 4.78 is 83.3. The molecule has 0 N–H and O–H groups in total. The average Bonchev–Trinajstić information content (AvgIpc) is 2.90. The van der Waals surface area contributed by atoms with Crippen LogP contribution in [0, 0.1) is 0 Å². The smallest absolute Gasteiger partial charge is 0.434 e. The molecule has 26 heavy (non-hydrogen) atoms. The van der Waals surface area contributed by atoms with Gasteiger partial charge >= 0.3 is 18.3 Å². The van der Waals surface area contributed by atoms with E-state index >= 15 is 0 Å². The van der Waals surface area contributed by atoms with Gasteiger partial charge in [-0.05, 0) is 19.1 Å². The van der Waals surface area contributed by atoms with Crippen molar-refractivity contribution in [3.05, 3.63) is 45.2 Å². The zero-order chi connectivity index (χ0) is 19.9. The Morgan fingerprint density at radius 2 is 1.65 bits per heavy atom. The minimum absolute atomic E-state index is 0.164. The molecular weight excluding hydrogens is 413 g/mol. The number of nitrogens with zero attached hydrogens (tertiary/aromatic N) is 2. The van der Waals surface area contributed by atoms with Crippen LogP contribution in [0.2, 0.25) is 10.0 Å². The summed E-state index contributed by atoms with van der Waals surface area (Å²) in [6.07, 6.45) is -9.32. The third-order valence-electron chi connectivity index (χ3n) is 3.09. The molecule has 12 heteroatoms. The fourth-order valence-electron chi connectivity index (χ4n) is 2.08. The van der Waals surface area contributed by atoms with Gasteiger partial charge in [0, 0.05) is 0 Å². The minimum Gasteiger partial charge on any atom is -0.462 e. The lowest BCUT2D eigenvalue weighted by atomic mass is 10.2. The van der Waals surface area contributed by atoms with Gasteiger partial charge in [0.2, 0.25) is 0 Å². The SMILES string of the molecule is CCOC(=O)c1cnn(-c2c(Cl)cc(C(F)(F)F)cc2Cl)c1C(F)(F)F. The van der Waals surface area contributed by atoms with Crippen LogP contribution in [0.4, 0.5) is 26.3 Å². The first-order valence-electron chi connectivity index (χ1n) is 6.76. The van der Waals surface area contributed by atoms with E-state index in [1.165, 1.54) is 6.92 Å². The number of aromatic nitrogens is 2. The first kappa shape index (κ1) is 20.4. The van der Waals surface area contributed by atoms with Crippen molar-refractivity contribution in [2.24, 2.45) is 0 Å². The molecule has 2 aromatic rings. The minimum atomic E-state index is -5.09. The monoisotopic (exact) mass is 420 g/mol. The van der Waals surface area contributed by atoms with Crippen LogP contribution in [0.15, 0.2) is 18.3 Å². The van der Waals surface area contributed by atoms with Crippen LogP contribution in [-0.4, -0.2) is 22.4 Å². The molecule has 0 aliphatic carbocycles. The number of carbonyl (C=O) groups excluding carboxylic acids is 1. The van der Waals surface area contributed by atoms with Crippen molar-refractivity contribution in [2.75, 3.05) is 6.61 Å². The van der Waals surface area contributed by atoms with Crippen LogP contribution in [0.3, 0.4) is 0 Å². The Balaban J connectivity index is 2.72.